The van der Waals surface area contributed by atoms with Gasteiger partial charge in [0.1, 0.15) is 5.82 Å². The summed E-state index contributed by atoms with van der Waals surface area (Å²) in [6, 6.07) is 10.9. The van der Waals surface area contributed by atoms with Crippen molar-refractivity contribution >= 4 is 34.3 Å². The van der Waals surface area contributed by atoms with E-state index in [1.807, 2.05) is 0 Å². The molecule has 31 heavy (non-hydrogen) atoms. The number of fused-ring (bicyclic) bond motifs is 1. The van der Waals surface area contributed by atoms with Gasteiger partial charge in [-0.25, -0.2) is 9.37 Å². The van der Waals surface area contributed by atoms with Gasteiger partial charge < -0.3 is 9.26 Å². The van der Waals surface area contributed by atoms with Gasteiger partial charge in [0, 0.05) is 30.8 Å². The second-order valence-corrected chi connectivity index (χ2v) is 8.05. The van der Waals surface area contributed by atoms with E-state index in [4.69, 9.17) is 20.9 Å². The van der Waals surface area contributed by atoms with Gasteiger partial charge >= 0.3 is 0 Å². The molecule has 0 unspecified atom stereocenters. The lowest BCUT2D eigenvalue weighted by molar-refractivity contribution is 0.189. The third-order valence-electron chi connectivity index (χ3n) is 4.51. The Bertz CT molecular complexity index is 1260. The second-order valence-electron chi connectivity index (χ2n) is 6.67. The third kappa shape index (κ3) is 4.95. The van der Waals surface area contributed by atoms with Crippen LogP contribution in [0.3, 0.4) is 0 Å². The molecule has 160 valence electrons. The van der Waals surface area contributed by atoms with Gasteiger partial charge in [0.15, 0.2) is 5.16 Å². The van der Waals surface area contributed by atoms with Crippen LogP contribution in [0.5, 0.6) is 0 Å². The van der Waals surface area contributed by atoms with Crippen molar-refractivity contribution in [2.45, 2.75) is 23.9 Å². The molecule has 0 spiro atoms. The van der Waals surface area contributed by atoms with Gasteiger partial charge in [0.2, 0.25) is 11.7 Å². The van der Waals surface area contributed by atoms with E-state index in [9.17, 15) is 9.18 Å². The highest BCUT2D eigenvalue weighted by molar-refractivity contribution is 7.98. The molecule has 0 radical (unpaired) electrons. The van der Waals surface area contributed by atoms with Crippen LogP contribution in [0.15, 0.2) is 56.9 Å². The molecule has 4 aromatic rings. The number of methoxy groups -OCH3 is 1. The average molecular weight is 461 g/mol. The summed E-state index contributed by atoms with van der Waals surface area (Å²) >= 11 is 7.40. The van der Waals surface area contributed by atoms with Gasteiger partial charge in [-0.05, 0) is 48.9 Å². The van der Waals surface area contributed by atoms with Gasteiger partial charge in [-0.2, -0.15) is 4.98 Å². The maximum atomic E-state index is 13.1. The second kappa shape index (κ2) is 9.59. The monoisotopic (exact) mass is 460 g/mol. The maximum Gasteiger partial charge on any atom is 0.262 e. The van der Waals surface area contributed by atoms with Crippen LogP contribution in [0, 0.1) is 5.82 Å². The lowest BCUT2D eigenvalue weighted by Gasteiger charge is -2.12. The first-order valence-electron chi connectivity index (χ1n) is 9.45. The molecule has 0 aliphatic rings. The number of benzene rings is 2. The van der Waals surface area contributed by atoms with Crippen molar-refractivity contribution < 1.29 is 13.7 Å². The first kappa shape index (κ1) is 21.5. The molecule has 0 atom stereocenters. The van der Waals surface area contributed by atoms with E-state index in [0.29, 0.717) is 63.7 Å². The number of ether oxygens (including phenoxy) is 1. The predicted molar refractivity (Wildman–Crippen MR) is 117 cm³/mol. The molecule has 2 heterocycles. The molecule has 0 amide bonds. The molecule has 0 bridgehead atoms. The Balaban J connectivity index is 1.60. The molecule has 0 N–H and O–H groups in total. The third-order valence-corrected chi connectivity index (χ3v) is 5.70. The van der Waals surface area contributed by atoms with Gasteiger partial charge in [-0.1, -0.05) is 28.5 Å². The highest BCUT2D eigenvalue weighted by Crippen LogP contribution is 2.24. The average Bonchev–Trinajstić information content (AvgIpc) is 3.23. The molecule has 7 nitrogen and oxygen atoms in total. The van der Waals surface area contributed by atoms with E-state index in [0.717, 1.165) is 0 Å². The number of halogens is 2. The molecule has 0 saturated carbocycles. The van der Waals surface area contributed by atoms with Crippen LogP contribution in [0.2, 0.25) is 5.02 Å². The van der Waals surface area contributed by atoms with Crippen LogP contribution in [-0.2, 0) is 17.0 Å². The fourth-order valence-electron chi connectivity index (χ4n) is 3.00. The predicted octanol–water partition coefficient (Wildman–Crippen LogP) is 4.57. The zero-order chi connectivity index (χ0) is 21.8. The Labute approximate surface area is 186 Å². The van der Waals surface area contributed by atoms with Crippen molar-refractivity contribution in [3.63, 3.8) is 0 Å². The van der Waals surface area contributed by atoms with Crippen LogP contribution >= 0.6 is 23.4 Å². The zero-order valence-electron chi connectivity index (χ0n) is 16.5. The van der Waals surface area contributed by atoms with E-state index in [1.165, 1.54) is 23.9 Å². The van der Waals surface area contributed by atoms with Crippen molar-refractivity contribution in [3.8, 4) is 11.4 Å². The van der Waals surface area contributed by atoms with Crippen LogP contribution in [0.1, 0.15) is 12.3 Å². The van der Waals surface area contributed by atoms with E-state index in [1.54, 1.807) is 42.0 Å². The first-order valence-corrected chi connectivity index (χ1v) is 10.8. The van der Waals surface area contributed by atoms with Gasteiger partial charge in [-0.15, -0.1) is 0 Å². The summed E-state index contributed by atoms with van der Waals surface area (Å²) in [5.41, 5.74) is 1.04. The molecule has 0 fully saturated rings. The fraction of sp³-hybridized carbons (Fsp3) is 0.238. The molecular formula is C21H18ClFN4O3S. The van der Waals surface area contributed by atoms with Crippen LogP contribution < -0.4 is 5.56 Å². The zero-order valence-corrected chi connectivity index (χ0v) is 18.1. The summed E-state index contributed by atoms with van der Waals surface area (Å²) in [6.45, 7) is 0.991. The minimum atomic E-state index is -0.336. The summed E-state index contributed by atoms with van der Waals surface area (Å²) in [6.07, 6.45) is 0.667. The molecule has 2 aromatic carbocycles. The SMILES string of the molecule is COCCCn1c(SCc2nc(-c3ccc(F)cc3)no2)nc2cc(Cl)ccc2c1=O. The summed E-state index contributed by atoms with van der Waals surface area (Å²) in [7, 11) is 1.62. The lowest BCUT2D eigenvalue weighted by Crippen LogP contribution is -2.24. The molecule has 10 heteroatoms. The Kier molecular flexibility index (Phi) is 6.64. The lowest BCUT2D eigenvalue weighted by atomic mass is 10.2. The first-order chi connectivity index (χ1) is 15.0. The Hall–Kier alpha value is -2.75. The Morgan fingerprint density at radius 3 is 2.77 bits per heavy atom. The highest BCUT2D eigenvalue weighted by atomic mass is 35.5. The number of hydrogen-bond donors (Lipinski definition) is 0. The Morgan fingerprint density at radius 1 is 1.19 bits per heavy atom. The summed E-state index contributed by atoms with van der Waals surface area (Å²) in [5.74, 6) is 0.716. The fourth-order valence-corrected chi connectivity index (χ4v) is 4.03. The van der Waals surface area contributed by atoms with Crippen LogP contribution in [0.4, 0.5) is 4.39 Å². The molecule has 2 aromatic heterocycles. The largest absolute Gasteiger partial charge is 0.385 e. The number of thioether (sulfide) groups is 1. The van der Waals surface area contributed by atoms with Gasteiger partial charge in [0.05, 0.1) is 16.7 Å². The number of hydrogen-bond acceptors (Lipinski definition) is 7. The maximum absolute atomic E-state index is 13.1. The van der Waals surface area contributed by atoms with E-state index in [2.05, 4.69) is 15.1 Å². The van der Waals surface area contributed by atoms with E-state index in [-0.39, 0.29) is 11.4 Å². The quantitative estimate of drug-likeness (QED) is 0.216. The minimum Gasteiger partial charge on any atom is -0.385 e. The van der Waals surface area contributed by atoms with Crippen LogP contribution in [0.25, 0.3) is 22.3 Å². The number of rotatable bonds is 8. The molecule has 0 saturated heterocycles. The minimum absolute atomic E-state index is 0.141. The Morgan fingerprint density at radius 2 is 2.00 bits per heavy atom. The van der Waals surface area contributed by atoms with E-state index >= 15 is 0 Å². The van der Waals surface area contributed by atoms with Gasteiger partial charge in [0.25, 0.3) is 5.56 Å². The highest BCUT2D eigenvalue weighted by Gasteiger charge is 2.15. The van der Waals surface area contributed by atoms with Gasteiger partial charge in [-0.3, -0.25) is 9.36 Å². The van der Waals surface area contributed by atoms with Crippen molar-refractivity contribution in [3.05, 3.63) is 69.5 Å². The van der Waals surface area contributed by atoms with Crippen LogP contribution in [-0.4, -0.2) is 33.4 Å². The number of aromatic nitrogens is 4. The number of nitrogens with zero attached hydrogens (tertiary/aromatic N) is 4. The van der Waals surface area contributed by atoms with Crippen molar-refractivity contribution in [2.24, 2.45) is 0 Å². The molecule has 0 aliphatic heterocycles. The van der Waals surface area contributed by atoms with Crippen molar-refractivity contribution in [1.29, 1.82) is 0 Å². The topological polar surface area (TPSA) is 83.0 Å². The molecule has 0 aliphatic carbocycles. The smallest absolute Gasteiger partial charge is 0.262 e. The van der Waals surface area contributed by atoms with Crippen molar-refractivity contribution in [2.75, 3.05) is 13.7 Å². The van der Waals surface area contributed by atoms with Crippen molar-refractivity contribution in [1.82, 2.24) is 19.7 Å². The summed E-state index contributed by atoms with van der Waals surface area (Å²) in [5, 5.41) is 5.48. The molecular weight excluding hydrogens is 443 g/mol. The molecule has 4 rings (SSSR count). The standard InChI is InChI=1S/C21H18ClFN4O3S/c1-29-10-2-9-27-20(28)16-8-5-14(22)11-17(16)24-21(27)31-12-18-25-19(26-30-18)13-3-6-15(23)7-4-13/h3-8,11H,2,9-10,12H2,1H3. The summed E-state index contributed by atoms with van der Waals surface area (Å²) in [4.78, 5) is 22.0. The van der Waals surface area contributed by atoms with E-state index < -0.39 is 0 Å². The summed E-state index contributed by atoms with van der Waals surface area (Å²) < 4.78 is 25.2. The normalized spacial score (nSPS) is 11.3.